The molecule has 1 aliphatic rings. The number of nitrogens with zero attached hydrogens (tertiary/aromatic N) is 2. The van der Waals surface area contributed by atoms with E-state index in [4.69, 9.17) is 4.74 Å². The first-order chi connectivity index (χ1) is 15.5. The Morgan fingerprint density at radius 2 is 1.30 bits per heavy atom. The van der Waals surface area contributed by atoms with Crippen LogP contribution in [-0.4, -0.2) is 84.4 Å². The monoisotopic (exact) mass is 496 g/mol. The Bertz CT molecular complexity index is 1160. The van der Waals surface area contributed by atoms with E-state index < -0.39 is 20.0 Å². The molecule has 0 atom stereocenters. The molecule has 12 heteroatoms. The highest BCUT2D eigenvalue weighted by Gasteiger charge is 2.22. The lowest BCUT2D eigenvalue weighted by molar-refractivity contribution is 0.0620. The molecule has 0 unspecified atom stereocenters. The molecule has 2 aromatic carbocycles. The third-order valence-corrected chi connectivity index (χ3v) is 6.14. The Hall–Kier alpha value is -2.83. The van der Waals surface area contributed by atoms with E-state index in [1.165, 1.54) is 0 Å². The Morgan fingerprint density at radius 1 is 0.818 bits per heavy atom. The smallest absolute Gasteiger partial charge is 0.253 e. The van der Waals surface area contributed by atoms with Gasteiger partial charge in [0.1, 0.15) is 12.4 Å². The average Bonchev–Trinajstić information content (AvgIpc) is 2.73. The maximum absolute atomic E-state index is 12.7. The lowest BCUT2D eigenvalue weighted by atomic mass is 10.1. The van der Waals surface area contributed by atoms with Crippen molar-refractivity contribution in [3.8, 4) is 5.75 Å². The van der Waals surface area contributed by atoms with Crippen LogP contribution in [0.4, 0.5) is 11.4 Å². The van der Waals surface area contributed by atoms with E-state index in [-0.39, 0.29) is 5.91 Å². The molecule has 10 nitrogen and oxygen atoms in total. The molecule has 0 saturated carbocycles. The minimum atomic E-state index is -3.36. The number of piperazine rings is 1. The first kappa shape index (κ1) is 24.8. The van der Waals surface area contributed by atoms with Gasteiger partial charge in [-0.25, -0.2) is 16.8 Å². The van der Waals surface area contributed by atoms with Crippen LogP contribution in [-0.2, 0) is 20.0 Å². The van der Waals surface area contributed by atoms with Crippen LogP contribution in [0.15, 0.2) is 48.5 Å². The summed E-state index contributed by atoms with van der Waals surface area (Å²) in [6, 6.07) is 13.1. The molecule has 0 aromatic heterocycles. The Morgan fingerprint density at radius 3 is 1.79 bits per heavy atom. The normalized spacial score (nSPS) is 15.2. The molecule has 2 N–H and O–H groups in total. The summed E-state index contributed by atoms with van der Waals surface area (Å²) in [5.41, 5.74) is 1.41. The van der Waals surface area contributed by atoms with Gasteiger partial charge in [0.25, 0.3) is 5.91 Å². The lowest BCUT2D eigenvalue weighted by Gasteiger charge is -2.34. The molecule has 1 amide bonds. The quantitative estimate of drug-likeness (QED) is 0.535. The largest absolute Gasteiger partial charge is 0.492 e. The molecular formula is C21H28N4O6S2. The molecule has 0 radical (unpaired) electrons. The molecule has 33 heavy (non-hydrogen) atoms. The van der Waals surface area contributed by atoms with Gasteiger partial charge >= 0.3 is 0 Å². The molecule has 1 heterocycles. The average molecular weight is 497 g/mol. The summed E-state index contributed by atoms with van der Waals surface area (Å²) in [5, 5.41) is 0. The van der Waals surface area contributed by atoms with Gasteiger partial charge in [-0.05, 0) is 48.5 Å². The van der Waals surface area contributed by atoms with E-state index >= 15 is 0 Å². The minimum Gasteiger partial charge on any atom is -0.492 e. The first-order valence-electron chi connectivity index (χ1n) is 10.3. The number of ether oxygens (including phenoxy) is 1. The van der Waals surface area contributed by atoms with Crippen molar-refractivity contribution in [3.05, 3.63) is 54.1 Å². The van der Waals surface area contributed by atoms with Crippen LogP contribution in [0.3, 0.4) is 0 Å². The molecule has 0 aliphatic carbocycles. The number of sulfonamides is 2. The third kappa shape index (κ3) is 8.22. The fraction of sp³-hybridized carbons (Fsp3) is 0.381. The van der Waals surface area contributed by atoms with Crippen LogP contribution in [0.25, 0.3) is 0 Å². The van der Waals surface area contributed by atoms with Crippen molar-refractivity contribution < 1.29 is 26.4 Å². The molecule has 180 valence electrons. The summed E-state index contributed by atoms with van der Waals surface area (Å²) < 4.78 is 55.6. The van der Waals surface area contributed by atoms with Crippen LogP contribution < -0.4 is 14.2 Å². The zero-order chi connectivity index (χ0) is 24.1. The molecule has 1 aliphatic heterocycles. The van der Waals surface area contributed by atoms with Crippen molar-refractivity contribution >= 4 is 37.3 Å². The first-order valence-corrected chi connectivity index (χ1v) is 14.1. The zero-order valence-electron chi connectivity index (χ0n) is 18.5. The van der Waals surface area contributed by atoms with E-state index in [0.29, 0.717) is 48.9 Å². The van der Waals surface area contributed by atoms with Crippen molar-refractivity contribution in [2.75, 3.05) is 61.3 Å². The Balaban J connectivity index is 1.41. The number of anilines is 2. The van der Waals surface area contributed by atoms with Crippen molar-refractivity contribution in [1.82, 2.24) is 9.80 Å². The topological polar surface area (TPSA) is 125 Å². The molecule has 2 aromatic rings. The maximum atomic E-state index is 12.7. The van der Waals surface area contributed by atoms with E-state index in [1.54, 1.807) is 53.4 Å². The highest BCUT2D eigenvalue weighted by Crippen LogP contribution is 2.17. The van der Waals surface area contributed by atoms with Gasteiger partial charge in [-0.2, -0.15) is 0 Å². The van der Waals surface area contributed by atoms with Crippen LogP contribution in [0, 0.1) is 0 Å². The summed E-state index contributed by atoms with van der Waals surface area (Å²) in [6.45, 7) is 3.81. The Kier molecular flexibility index (Phi) is 7.82. The standard InChI is InChI=1S/C21H28N4O6S2/c1-32(27,28)22-18-5-3-17(4-6-18)21(26)25-13-11-24(12-14-25)15-16-31-20-9-7-19(8-10-20)23-33(2,29)30/h3-10,22-23H,11-16H2,1-2H3. The molecule has 1 fully saturated rings. The third-order valence-electron chi connectivity index (χ3n) is 4.93. The summed E-state index contributed by atoms with van der Waals surface area (Å²) in [7, 11) is -6.67. The maximum Gasteiger partial charge on any atom is 0.253 e. The predicted molar refractivity (Wildman–Crippen MR) is 128 cm³/mol. The highest BCUT2D eigenvalue weighted by molar-refractivity contribution is 7.92. The molecule has 0 bridgehead atoms. The SMILES string of the molecule is CS(=O)(=O)Nc1ccc(OCCN2CCN(C(=O)c3ccc(NS(C)(=O)=O)cc3)CC2)cc1. The van der Waals surface area contributed by atoms with Gasteiger partial charge in [0, 0.05) is 49.7 Å². The fourth-order valence-electron chi connectivity index (χ4n) is 3.38. The van der Waals surface area contributed by atoms with Gasteiger partial charge in [-0.15, -0.1) is 0 Å². The molecule has 0 spiro atoms. The van der Waals surface area contributed by atoms with Gasteiger partial charge in [0.15, 0.2) is 0 Å². The van der Waals surface area contributed by atoms with Gasteiger partial charge in [0.2, 0.25) is 20.0 Å². The van der Waals surface area contributed by atoms with E-state index in [9.17, 15) is 21.6 Å². The van der Waals surface area contributed by atoms with Gasteiger partial charge in [-0.3, -0.25) is 19.1 Å². The minimum absolute atomic E-state index is 0.0837. The predicted octanol–water partition coefficient (Wildman–Crippen LogP) is 1.27. The number of hydrogen-bond donors (Lipinski definition) is 2. The van der Waals surface area contributed by atoms with Gasteiger partial charge < -0.3 is 9.64 Å². The van der Waals surface area contributed by atoms with Gasteiger partial charge in [-0.1, -0.05) is 0 Å². The van der Waals surface area contributed by atoms with Crippen molar-refractivity contribution in [2.24, 2.45) is 0 Å². The van der Waals surface area contributed by atoms with Crippen molar-refractivity contribution in [1.29, 1.82) is 0 Å². The zero-order valence-corrected chi connectivity index (χ0v) is 20.2. The molecule has 1 saturated heterocycles. The fourth-order valence-corrected chi connectivity index (χ4v) is 4.51. The number of benzene rings is 2. The second-order valence-corrected chi connectivity index (χ2v) is 11.3. The highest BCUT2D eigenvalue weighted by atomic mass is 32.2. The number of rotatable bonds is 9. The number of hydrogen-bond acceptors (Lipinski definition) is 7. The number of nitrogens with one attached hydrogen (secondary N) is 2. The lowest BCUT2D eigenvalue weighted by Crippen LogP contribution is -2.49. The van der Waals surface area contributed by atoms with Crippen LogP contribution in [0.2, 0.25) is 0 Å². The van der Waals surface area contributed by atoms with Crippen LogP contribution in [0.5, 0.6) is 5.75 Å². The summed E-state index contributed by atoms with van der Waals surface area (Å²) in [5.74, 6) is 0.566. The molecular weight excluding hydrogens is 468 g/mol. The Labute approximate surface area is 194 Å². The van der Waals surface area contributed by atoms with Crippen molar-refractivity contribution in [2.45, 2.75) is 0 Å². The number of amides is 1. The van der Waals surface area contributed by atoms with Crippen LogP contribution in [0.1, 0.15) is 10.4 Å². The molecule has 3 rings (SSSR count). The second-order valence-electron chi connectivity index (χ2n) is 7.83. The van der Waals surface area contributed by atoms with Crippen LogP contribution >= 0.6 is 0 Å². The summed E-state index contributed by atoms with van der Waals surface area (Å²) in [4.78, 5) is 16.7. The second kappa shape index (κ2) is 10.4. The van der Waals surface area contributed by atoms with E-state index in [0.717, 1.165) is 25.6 Å². The number of carbonyl (C=O) groups excluding carboxylic acids is 1. The summed E-state index contributed by atoms with van der Waals surface area (Å²) in [6.07, 6.45) is 2.17. The van der Waals surface area contributed by atoms with E-state index in [1.807, 2.05) is 0 Å². The van der Waals surface area contributed by atoms with Gasteiger partial charge in [0.05, 0.1) is 12.5 Å². The van der Waals surface area contributed by atoms with E-state index in [2.05, 4.69) is 14.3 Å². The number of carbonyl (C=O) groups is 1. The summed E-state index contributed by atoms with van der Waals surface area (Å²) >= 11 is 0. The van der Waals surface area contributed by atoms with Crippen molar-refractivity contribution in [3.63, 3.8) is 0 Å².